The van der Waals surface area contributed by atoms with Crippen LogP contribution in [-0.2, 0) is 0 Å². The van der Waals surface area contributed by atoms with Gasteiger partial charge in [0.25, 0.3) is 0 Å². The molecule has 1 N–H and O–H groups in total. The fraction of sp³-hybridized carbons (Fsp3) is 0. The highest BCUT2D eigenvalue weighted by molar-refractivity contribution is 5.75. The van der Waals surface area contributed by atoms with Gasteiger partial charge in [-0.15, -0.1) is 0 Å². The molecule has 0 aliphatic heterocycles. The zero-order chi connectivity index (χ0) is 12.7. The van der Waals surface area contributed by atoms with E-state index in [1.165, 1.54) is 0 Å². The van der Waals surface area contributed by atoms with E-state index in [-0.39, 0.29) is 0 Å². The average Bonchev–Trinajstić information content (AvgIpc) is 2.94. The topological polar surface area (TPSA) is 93.1 Å². The smallest absolute Gasteiger partial charge is 0.199 e. The Kier molecular flexibility index (Phi) is 1.99. The Labute approximate surface area is 106 Å². The summed E-state index contributed by atoms with van der Waals surface area (Å²) in [5.41, 5.74) is 1.88. The van der Waals surface area contributed by atoms with Crippen molar-refractivity contribution >= 4 is 22.2 Å². The van der Waals surface area contributed by atoms with Crippen molar-refractivity contribution < 1.29 is 0 Å². The lowest BCUT2D eigenvalue weighted by molar-refractivity contribution is 1.10. The molecule has 0 aromatic carbocycles. The van der Waals surface area contributed by atoms with Crippen molar-refractivity contribution in [2.45, 2.75) is 0 Å². The molecule has 0 amide bonds. The second kappa shape index (κ2) is 3.77. The molecule has 4 aromatic heterocycles. The number of pyridine rings is 1. The quantitative estimate of drug-likeness (QED) is 0.543. The molecule has 0 unspecified atom stereocenters. The molecule has 7 nitrogen and oxygen atoms in total. The minimum atomic E-state index is 0.417. The summed E-state index contributed by atoms with van der Waals surface area (Å²) in [7, 11) is 0. The molecule has 0 bridgehead atoms. The Bertz CT molecular complexity index is 883. The summed E-state index contributed by atoms with van der Waals surface area (Å²) in [6.07, 6.45) is 7.64. The average molecular weight is 248 g/mol. The summed E-state index contributed by atoms with van der Waals surface area (Å²) >= 11 is 0. The number of nitrogens with zero attached hydrogens (tertiary/aromatic N) is 6. The van der Waals surface area contributed by atoms with Crippen LogP contribution in [0.5, 0.6) is 0 Å². The maximum atomic E-state index is 4.34. The van der Waals surface area contributed by atoms with Crippen LogP contribution in [0.15, 0.2) is 30.7 Å². The molecule has 0 saturated heterocycles. The highest BCUT2D eigenvalue weighted by atomic mass is 15.1. The fourth-order valence-electron chi connectivity index (χ4n) is 1.77. The van der Waals surface area contributed by atoms with E-state index in [1.807, 2.05) is 12.1 Å². The number of nitrogens with one attached hydrogen (secondary N) is 1. The number of rotatable bonds is 1. The first-order valence-corrected chi connectivity index (χ1v) is 5.57. The van der Waals surface area contributed by atoms with Crippen molar-refractivity contribution in [3.8, 4) is 11.6 Å². The van der Waals surface area contributed by atoms with E-state index < -0.39 is 0 Å². The zero-order valence-corrected chi connectivity index (χ0v) is 9.57. The predicted octanol–water partition coefficient (Wildman–Crippen LogP) is 1.16. The van der Waals surface area contributed by atoms with E-state index >= 15 is 0 Å². The van der Waals surface area contributed by atoms with Crippen LogP contribution in [0.2, 0.25) is 0 Å². The number of fused-ring (bicyclic) bond motifs is 2. The van der Waals surface area contributed by atoms with Gasteiger partial charge in [-0.1, -0.05) is 0 Å². The van der Waals surface area contributed by atoms with Gasteiger partial charge in [-0.2, -0.15) is 0 Å². The predicted molar refractivity (Wildman–Crippen MR) is 66.8 cm³/mol. The van der Waals surface area contributed by atoms with Crippen molar-refractivity contribution in [3.05, 3.63) is 37.1 Å². The van der Waals surface area contributed by atoms with Crippen molar-refractivity contribution in [1.82, 2.24) is 34.9 Å². The van der Waals surface area contributed by atoms with Crippen LogP contribution in [-0.4, -0.2) is 34.9 Å². The van der Waals surface area contributed by atoms with E-state index in [1.54, 1.807) is 18.6 Å². The molecule has 0 aliphatic carbocycles. The first-order valence-electron chi connectivity index (χ1n) is 5.57. The third-order valence-corrected chi connectivity index (χ3v) is 2.68. The van der Waals surface area contributed by atoms with Crippen LogP contribution in [0.4, 0.5) is 0 Å². The minimum Gasteiger partial charge on any atom is -0.333 e. The van der Waals surface area contributed by atoms with Gasteiger partial charge in [-0.3, -0.25) is 0 Å². The number of aromatic amines is 1. The normalized spacial score (nSPS) is 11.2. The molecule has 0 aliphatic rings. The van der Waals surface area contributed by atoms with Gasteiger partial charge in [0.1, 0.15) is 5.52 Å². The van der Waals surface area contributed by atoms with Crippen molar-refractivity contribution in [1.29, 1.82) is 0 Å². The van der Waals surface area contributed by atoms with Gasteiger partial charge in [0, 0.05) is 17.8 Å². The summed E-state index contributed by atoms with van der Waals surface area (Å²) in [5.74, 6) is 0.844. The van der Waals surface area contributed by atoms with E-state index in [2.05, 4.69) is 41.2 Å². The second-order valence-electron chi connectivity index (χ2n) is 3.89. The van der Waals surface area contributed by atoms with Gasteiger partial charge in [-0.05, 0) is 12.1 Å². The Morgan fingerprint density at radius 2 is 1.79 bits per heavy atom. The molecule has 89 valence electrons. The number of H-pyrrole nitrogens is 1. The Hall–Kier alpha value is -2.96. The molecule has 4 rings (SSSR count). The number of aromatic nitrogens is 7. The Morgan fingerprint density at radius 3 is 2.74 bits per heavy atom. The van der Waals surface area contributed by atoms with Gasteiger partial charge in [0.05, 0.1) is 6.20 Å². The first-order chi connectivity index (χ1) is 9.40. The zero-order valence-electron chi connectivity index (χ0n) is 9.57. The largest absolute Gasteiger partial charge is 0.333 e. The van der Waals surface area contributed by atoms with Gasteiger partial charge in [0.15, 0.2) is 29.3 Å². The molecule has 0 saturated carbocycles. The fourth-order valence-corrected chi connectivity index (χ4v) is 1.77. The van der Waals surface area contributed by atoms with Crippen molar-refractivity contribution in [3.63, 3.8) is 0 Å². The molecule has 0 atom stereocenters. The van der Waals surface area contributed by atoms with E-state index in [0.717, 1.165) is 10.9 Å². The molecule has 0 fully saturated rings. The lowest BCUT2D eigenvalue weighted by atomic mass is 10.3. The molecule has 4 aromatic rings. The van der Waals surface area contributed by atoms with Crippen LogP contribution in [0.25, 0.3) is 33.8 Å². The summed E-state index contributed by atoms with van der Waals surface area (Å²) < 4.78 is 0. The molecule has 4 heterocycles. The molecule has 19 heavy (non-hydrogen) atoms. The lowest BCUT2D eigenvalue weighted by Gasteiger charge is -1.99. The third kappa shape index (κ3) is 1.60. The summed E-state index contributed by atoms with van der Waals surface area (Å²) in [5, 5.41) is 0.875. The van der Waals surface area contributed by atoms with Gasteiger partial charge < -0.3 is 4.98 Å². The second-order valence-corrected chi connectivity index (χ2v) is 3.89. The Balaban J connectivity index is 1.92. The molecular weight excluding hydrogens is 242 g/mol. The highest BCUT2D eigenvalue weighted by Gasteiger charge is 2.08. The van der Waals surface area contributed by atoms with Crippen LogP contribution >= 0.6 is 0 Å². The molecule has 1 radical (unpaired) electrons. The summed E-state index contributed by atoms with van der Waals surface area (Å²) in [6.45, 7) is 0. The van der Waals surface area contributed by atoms with Crippen LogP contribution < -0.4 is 0 Å². The monoisotopic (exact) mass is 248 g/mol. The maximum absolute atomic E-state index is 4.34. The van der Waals surface area contributed by atoms with E-state index in [0.29, 0.717) is 22.9 Å². The third-order valence-electron chi connectivity index (χ3n) is 2.68. The maximum Gasteiger partial charge on any atom is 0.199 e. The minimum absolute atomic E-state index is 0.417. The number of hydrogen-bond acceptors (Lipinski definition) is 6. The van der Waals surface area contributed by atoms with Crippen LogP contribution in [0.3, 0.4) is 0 Å². The molecule has 7 heteroatoms. The first kappa shape index (κ1) is 10.0. The number of imidazole rings is 1. The van der Waals surface area contributed by atoms with E-state index in [4.69, 9.17) is 0 Å². The molecule has 0 spiro atoms. The van der Waals surface area contributed by atoms with E-state index in [9.17, 15) is 0 Å². The van der Waals surface area contributed by atoms with Gasteiger partial charge in [0.2, 0.25) is 0 Å². The van der Waals surface area contributed by atoms with Gasteiger partial charge in [-0.25, -0.2) is 29.9 Å². The standard InChI is InChI=1S/C12H6N7/c1-2-7-4-14-11(18-9(7)13-3-1)12-15-5-8-10(19-12)17-6-16-8/h1-5H,(H,15,16,17,19). The van der Waals surface area contributed by atoms with Crippen LogP contribution in [0, 0.1) is 6.33 Å². The highest BCUT2D eigenvalue weighted by Crippen LogP contribution is 2.14. The summed E-state index contributed by atoms with van der Waals surface area (Å²) in [6, 6.07) is 3.74. The van der Waals surface area contributed by atoms with Crippen molar-refractivity contribution in [2.75, 3.05) is 0 Å². The SMILES string of the molecule is [c]1nc2nc(-c3ncc4cccnc4n3)ncc2[nH]1. The Morgan fingerprint density at radius 1 is 0.947 bits per heavy atom. The van der Waals surface area contributed by atoms with Gasteiger partial charge >= 0.3 is 0 Å². The summed E-state index contributed by atoms with van der Waals surface area (Å²) in [4.78, 5) is 28.0. The number of hydrogen-bond donors (Lipinski definition) is 1. The lowest BCUT2D eigenvalue weighted by Crippen LogP contribution is -1.96. The molecular formula is C12H6N7. The van der Waals surface area contributed by atoms with Crippen LogP contribution in [0.1, 0.15) is 0 Å². The van der Waals surface area contributed by atoms with Crippen molar-refractivity contribution in [2.24, 2.45) is 0 Å².